The third kappa shape index (κ3) is 3.15. The summed E-state index contributed by atoms with van der Waals surface area (Å²) in [6.07, 6.45) is 3.07. The molecule has 4 rings (SSSR count). The maximum absolute atomic E-state index is 11.7. The van der Waals surface area contributed by atoms with Crippen molar-refractivity contribution in [2.75, 3.05) is 13.2 Å². The first-order chi connectivity index (χ1) is 11.3. The molecule has 0 bridgehead atoms. The molecule has 2 aromatic heterocycles. The van der Waals surface area contributed by atoms with Crippen LogP contribution >= 0.6 is 23.1 Å². The van der Waals surface area contributed by atoms with Crippen LogP contribution in [-0.2, 0) is 20.8 Å². The van der Waals surface area contributed by atoms with Crippen molar-refractivity contribution in [2.45, 2.75) is 42.3 Å². The fourth-order valence-corrected chi connectivity index (χ4v) is 4.56. The molecule has 0 aliphatic carbocycles. The van der Waals surface area contributed by atoms with E-state index in [1.165, 1.54) is 11.8 Å². The average molecular weight is 351 g/mol. The highest BCUT2D eigenvalue weighted by molar-refractivity contribution is 8.00. The summed E-state index contributed by atoms with van der Waals surface area (Å²) in [5, 5.41) is 11.3. The normalized spacial score (nSPS) is 24.3. The molecule has 0 N–H and O–H groups in total. The van der Waals surface area contributed by atoms with Crippen molar-refractivity contribution in [1.82, 2.24) is 14.8 Å². The molecule has 2 saturated heterocycles. The topological polar surface area (TPSA) is 66.2 Å². The Morgan fingerprint density at radius 1 is 1.35 bits per heavy atom. The van der Waals surface area contributed by atoms with Crippen LogP contribution in [0.1, 0.15) is 19.3 Å². The lowest BCUT2D eigenvalue weighted by molar-refractivity contribution is -0.137. The SMILES string of the molecule is O=C1OCCC1Sc1nnc(-c2cccs2)n1CC1CCCO1. The van der Waals surface area contributed by atoms with Crippen LogP contribution in [0.2, 0.25) is 0 Å². The molecule has 2 atom stereocenters. The number of hydrogen-bond acceptors (Lipinski definition) is 7. The maximum Gasteiger partial charge on any atom is 0.319 e. The molecular weight excluding hydrogens is 334 g/mol. The molecule has 4 heterocycles. The van der Waals surface area contributed by atoms with Crippen LogP contribution in [-0.4, -0.2) is 45.3 Å². The number of esters is 1. The number of thioether (sulfide) groups is 1. The highest BCUT2D eigenvalue weighted by Gasteiger charge is 2.31. The van der Waals surface area contributed by atoms with E-state index in [1.807, 2.05) is 17.5 Å². The van der Waals surface area contributed by atoms with Crippen LogP contribution in [0.25, 0.3) is 10.7 Å². The first-order valence-electron chi connectivity index (χ1n) is 7.73. The van der Waals surface area contributed by atoms with E-state index in [0.717, 1.165) is 48.3 Å². The summed E-state index contributed by atoms with van der Waals surface area (Å²) in [4.78, 5) is 12.8. The Bertz CT molecular complexity index is 680. The van der Waals surface area contributed by atoms with Crippen molar-refractivity contribution in [3.8, 4) is 10.7 Å². The van der Waals surface area contributed by atoms with Gasteiger partial charge in [-0.25, -0.2) is 0 Å². The Morgan fingerprint density at radius 3 is 3.00 bits per heavy atom. The van der Waals surface area contributed by atoms with E-state index in [1.54, 1.807) is 11.3 Å². The number of nitrogens with zero attached hydrogens (tertiary/aromatic N) is 3. The van der Waals surface area contributed by atoms with Gasteiger partial charge in [-0.2, -0.15) is 0 Å². The molecule has 2 unspecified atom stereocenters. The first-order valence-corrected chi connectivity index (χ1v) is 9.49. The van der Waals surface area contributed by atoms with Crippen LogP contribution in [0.5, 0.6) is 0 Å². The summed E-state index contributed by atoms with van der Waals surface area (Å²) in [6.45, 7) is 2.04. The largest absolute Gasteiger partial charge is 0.465 e. The molecule has 8 heteroatoms. The van der Waals surface area contributed by atoms with Gasteiger partial charge in [-0.05, 0) is 24.3 Å². The minimum absolute atomic E-state index is 0.153. The Balaban J connectivity index is 1.63. The maximum atomic E-state index is 11.7. The molecule has 2 aromatic rings. The van der Waals surface area contributed by atoms with E-state index in [4.69, 9.17) is 9.47 Å². The Morgan fingerprint density at radius 2 is 2.30 bits per heavy atom. The number of cyclic esters (lactones) is 1. The quantitative estimate of drug-likeness (QED) is 0.772. The van der Waals surface area contributed by atoms with Gasteiger partial charge in [-0.15, -0.1) is 21.5 Å². The molecule has 122 valence electrons. The highest BCUT2D eigenvalue weighted by Crippen LogP contribution is 2.33. The molecule has 6 nitrogen and oxygen atoms in total. The van der Waals surface area contributed by atoms with Crippen molar-refractivity contribution in [1.29, 1.82) is 0 Å². The Hall–Kier alpha value is -1.38. The van der Waals surface area contributed by atoms with Crippen LogP contribution in [0.3, 0.4) is 0 Å². The van der Waals surface area contributed by atoms with Gasteiger partial charge < -0.3 is 9.47 Å². The summed E-state index contributed by atoms with van der Waals surface area (Å²) in [6, 6.07) is 4.05. The van der Waals surface area contributed by atoms with E-state index in [9.17, 15) is 4.79 Å². The third-order valence-corrected chi connectivity index (χ3v) is 6.09. The number of thiophene rings is 1. The van der Waals surface area contributed by atoms with E-state index in [-0.39, 0.29) is 17.3 Å². The van der Waals surface area contributed by atoms with Gasteiger partial charge in [-0.3, -0.25) is 9.36 Å². The van der Waals surface area contributed by atoms with Gasteiger partial charge in [0.1, 0.15) is 5.25 Å². The van der Waals surface area contributed by atoms with Crippen LogP contribution in [0, 0.1) is 0 Å². The van der Waals surface area contributed by atoms with Crippen LogP contribution in [0.15, 0.2) is 22.7 Å². The molecule has 2 fully saturated rings. The second kappa shape index (κ2) is 6.62. The molecule has 0 saturated carbocycles. The van der Waals surface area contributed by atoms with Gasteiger partial charge in [0.2, 0.25) is 0 Å². The van der Waals surface area contributed by atoms with E-state index >= 15 is 0 Å². The fourth-order valence-electron chi connectivity index (χ4n) is 2.83. The van der Waals surface area contributed by atoms with Crippen molar-refractivity contribution in [2.24, 2.45) is 0 Å². The standard InChI is InChI=1S/C15H17N3O3S2/c19-14-12(5-7-21-14)23-15-17-16-13(11-4-2-8-22-11)18(15)9-10-3-1-6-20-10/h2,4,8,10,12H,1,3,5-7,9H2. The van der Waals surface area contributed by atoms with Crippen LogP contribution < -0.4 is 0 Å². The fraction of sp³-hybridized carbons (Fsp3) is 0.533. The van der Waals surface area contributed by atoms with E-state index in [2.05, 4.69) is 14.8 Å². The van der Waals surface area contributed by atoms with E-state index < -0.39 is 0 Å². The average Bonchev–Trinajstić information content (AvgIpc) is 3.31. The highest BCUT2D eigenvalue weighted by atomic mass is 32.2. The van der Waals surface area contributed by atoms with Gasteiger partial charge in [0.05, 0.1) is 24.1 Å². The lowest BCUT2D eigenvalue weighted by Gasteiger charge is -2.14. The Labute approximate surface area is 142 Å². The number of rotatable bonds is 5. The van der Waals surface area contributed by atoms with Gasteiger partial charge in [0, 0.05) is 13.0 Å². The zero-order chi connectivity index (χ0) is 15.6. The number of carbonyl (C=O) groups is 1. The molecule has 0 amide bonds. The molecule has 23 heavy (non-hydrogen) atoms. The van der Waals surface area contributed by atoms with Gasteiger partial charge in [-0.1, -0.05) is 17.8 Å². The second-order valence-electron chi connectivity index (χ2n) is 5.59. The van der Waals surface area contributed by atoms with Crippen LogP contribution in [0.4, 0.5) is 0 Å². The van der Waals surface area contributed by atoms with E-state index in [0.29, 0.717) is 6.61 Å². The summed E-state index contributed by atoms with van der Waals surface area (Å²) in [5.74, 6) is 0.698. The summed E-state index contributed by atoms with van der Waals surface area (Å²) < 4.78 is 12.9. The predicted molar refractivity (Wildman–Crippen MR) is 87.5 cm³/mol. The number of hydrogen-bond donors (Lipinski definition) is 0. The Kier molecular flexibility index (Phi) is 4.37. The summed E-state index contributed by atoms with van der Waals surface area (Å²) in [7, 11) is 0. The third-order valence-electron chi connectivity index (χ3n) is 4.00. The molecule has 0 radical (unpaired) electrons. The molecule has 2 aliphatic rings. The number of ether oxygens (including phenoxy) is 2. The molecule has 0 spiro atoms. The number of aromatic nitrogens is 3. The predicted octanol–water partition coefficient (Wildman–Crippen LogP) is 2.59. The van der Waals surface area contributed by atoms with Gasteiger partial charge in [0.25, 0.3) is 0 Å². The van der Waals surface area contributed by atoms with Crippen molar-refractivity contribution in [3.05, 3.63) is 17.5 Å². The van der Waals surface area contributed by atoms with Crippen molar-refractivity contribution in [3.63, 3.8) is 0 Å². The molecular formula is C15H17N3O3S2. The summed E-state index contributed by atoms with van der Waals surface area (Å²) in [5.41, 5.74) is 0. The summed E-state index contributed by atoms with van der Waals surface area (Å²) >= 11 is 3.09. The molecule has 2 aliphatic heterocycles. The second-order valence-corrected chi connectivity index (χ2v) is 7.71. The lowest BCUT2D eigenvalue weighted by Crippen LogP contribution is -2.18. The smallest absolute Gasteiger partial charge is 0.319 e. The number of carbonyl (C=O) groups excluding carboxylic acids is 1. The zero-order valence-electron chi connectivity index (χ0n) is 12.5. The molecule has 0 aromatic carbocycles. The zero-order valence-corrected chi connectivity index (χ0v) is 14.1. The monoisotopic (exact) mass is 351 g/mol. The minimum atomic E-state index is -0.182. The van der Waals surface area contributed by atoms with Crippen molar-refractivity contribution >= 4 is 29.1 Å². The first kappa shape index (κ1) is 15.2. The lowest BCUT2D eigenvalue weighted by atomic mass is 10.2. The van der Waals surface area contributed by atoms with Gasteiger partial charge in [0.15, 0.2) is 11.0 Å². The van der Waals surface area contributed by atoms with Crippen molar-refractivity contribution < 1.29 is 14.3 Å². The minimum Gasteiger partial charge on any atom is -0.465 e. The van der Waals surface area contributed by atoms with Gasteiger partial charge >= 0.3 is 5.97 Å².